The lowest BCUT2D eigenvalue weighted by atomic mass is 9.92. The molecule has 1 fully saturated rings. The van der Waals surface area contributed by atoms with Crippen LogP contribution in [0.2, 0.25) is 0 Å². The Morgan fingerprint density at radius 1 is 1.19 bits per heavy atom. The minimum Gasteiger partial charge on any atom is -0.325 e. The van der Waals surface area contributed by atoms with Gasteiger partial charge in [0, 0.05) is 49.7 Å². The molecule has 0 radical (unpaired) electrons. The molecule has 13 heteroatoms. The summed E-state index contributed by atoms with van der Waals surface area (Å²) in [6, 6.07) is 3.22. The highest BCUT2D eigenvalue weighted by Gasteiger charge is 2.50. The van der Waals surface area contributed by atoms with Crippen LogP contribution in [0.15, 0.2) is 29.4 Å². The van der Waals surface area contributed by atoms with Gasteiger partial charge in [0.1, 0.15) is 0 Å². The number of nitrogens with zero attached hydrogens (tertiary/aromatic N) is 4. The minimum atomic E-state index is -4.86. The van der Waals surface area contributed by atoms with Gasteiger partial charge in [-0.3, -0.25) is 9.67 Å². The van der Waals surface area contributed by atoms with E-state index in [0.29, 0.717) is 22.1 Å². The molecule has 1 N–H and O–H groups in total. The SMILES string of the molecule is Cc1cc(NC(=O)N2CCC([C@](C)(F)S(=O)(=O)c3cc(C(F)(F)F)nn3C)CC2)ccn1. The molecule has 1 atom stereocenters. The maximum atomic E-state index is 15.6. The van der Waals surface area contributed by atoms with Crippen molar-refractivity contribution in [3.63, 3.8) is 0 Å². The van der Waals surface area contributed by atoms with Crippen LogP contribution in [0.3, 0.4) is 0 Å². The van der Waals surface area contributed by atoms with Crippen molar-refractivity contribution < 1.29 is 30.8 Å². The number of carbonyl (C=O) groups is 1. The summed E-state index contributed by atoms with van der Waals surface area (Å²) in [6.45, 7) is 2.80. The molecule has 2 aromatic heterocycles. The quantitative estimate of drug-likeness (QED) is 0.680. The zero-order valence-corrected chi connectivity index (χ0v) is 18.5. The van der Waals surface area contributed by atoms with Gasteiger partial charge in [-0.05, 0) is 38.8 Å². The van der Waals surface area contributed by atoms with Crippen molar-refractivity contribution in [2.45, 2.75) is 42.9 Å². The van der Waals surface area contributed by atoms with Gasteiger partial charge in [0.25, 0.3) is 0 Å². The average molecular weight is 477 g/mol. The third-order valence-electron chi connectivity index (χ3n) is 5.59. The van der Waals surface area contributed by atoms with Crippen molar-refractivity contribution >= 4 is 21.6 Å². The number of alkyl halides is 4. The number of anilines is 1. The van der Waals surface area contributed by atoms with Crippen molar-refractivity contribution in [1.29, 1.82) is 0 Å². The summed E-state index contributed by atoms with van der Waals surface area (Å²) in [5, 5.41) is 2.19. The molecule has 2 aromatic rings. The first-order valence-corrected chi connectivity index (χ1v) is 11.2. The Morgan fingerprint density at radius 2 is 1.81 bits per heavy atom. The first-order valence-electron chi connectivity index (χ1n) is 9.77. The number of carbonyl (C=O) groups excluding carboxylic acids is 1. The molecule has 8 nitrogen and oxygen atoms in total. The third kappa shape index (κ3) is 4.57. The molecule has 2 amide bonds. The van der Waals surface area contributed by atoms with Gasteiger partial charge in [-0.25, -0.2) is 17.6 Å². The van der Waals surface area contributed by atoms with Crippen molar-refractivity contribution in [2.24, 2.45) is 13.0 Å². The van der Waals surface area contributed by atoms with E-state index >= 15 is 4.39 Å². The fourth-order valence-corrected chi connectivity index (χ4v) is 5.43. The van der Waals surface area contributed by atoms with E-state index in [1.165, 1.54) is 4.90 Å². The number of pyridine rings is 1. The molecule has 3 rings (SSSR count). The molecule has 32 heavy (non-hydrogen) atoms. The average Bonchev–Trinajstić information content (AvgIpc) is 3.11. The largest absolute Gasteiger partial charge is 0.435 e. The first kappa shape index (κ1) is 24.0. The summed E-state index contributed by atoms with van der Waals surface area (Å²) in [5.74, 6) is -1.01. The van der Waals surface area contributed by atoms with Crippen LogP contribution in [0.1, 0.15) is 31.2 Å². The molecule has 0 aliphatic carbocycles. The van der Waals surface area contributed by atoms with Crippen molar-refractivity contribution in [3.05, 3.63) is 35.8 Å². The summed E-state index contributed by atoms with van der Waals surface area (Å²) < 4.78 is 80.7. The van der Waals surface area contributed by atoms with Crippen LogP contribution >= 0.6 is 0 Å². The molecule has 0 unspecified atom stereocenters. The lowest BCUT2D eigenvalue weighted by molar-refractivity contribution is -0.141. The first-order chi connectivity index (χ1) is 14.7. The lowest BCUT2D eigenvalue weighted by Gasteiger charge is -2.37. The standard InChI is InChI=1S/C19H23F4N5O3S/c1-12-10-14(4-7-24-12)25-17(29)28-8-5-13(6-9-28)18(2,20)32(30,31)16-11-15(19(21,22)23)26-27(16)3/h4,7,10-11,13H,5-6,8-9H2,1-3H3,(H,24,25,29)/t18-/m1/s1. The second kappa shape index (κ2) is 8.34. The van der Waals surface area contributed by atoms with E-state index in [4.69, 9.17) is 0 Å². The minimum absolute atomic E-state index is 0.0268. The Hall–Kier alpha value is -2.70. The molecule has 1 saturated heterocycles. The van der Waals surface area contributed by atoms with E-state index in [0.717, 1.165) is 14.0 Å². The van der Waals surface area contributed by atoms with Crippen LogP contribution in [0, 0.1) is 12.8 Å². The highest BCUT2D eigenvalue weighted by atomic mass is 32.2. The van der Waals surface area contributed by atoms with Crippen LogP contribution < -0.4 is 5.32 Å². The van der Waals surface area contributed by atoms with Crippen LogP contribution in [-0.4, -0.2) is 52.2 Å². The number of urea groups is 1. The maximum absolute atomic E-state index is 15.6. The monoisotopic (exact) mass is 477 g/mol. The zero-order chi connectivity index (χ0) is 23.9. The van der Waals surface area contributed by atoms with Gasteiger partial charge in [0.2, 0.25) is 14.8 Å². The van der Waals surface area contributed by atoms with E-state index in [-0.39, 0.29) is 25.9 Å². The lowest BCUT2D eigenvalue weighted by Crippen LogP contribution is -2.48. The van der Waals surface area contributed by atoms with E-state index in [2.05, 4.69) is 15.4 Å². The summed E-state index contributed by atoms with van der Waals surface area (Å²) in [4.78, 5) is 17.9. The molecule has 176 valence electrons. The van der Waals surface area contributed by atoms with Gasteiger partial charge in [0.05, 0.1) is 0 Å². The molecule has 3 heterocycles. The number of hydrogen-bond acceptors (Lipinski definition) is 5. The summed E-state index contributed by atoms with van der Waals surface area (Å²) in [6.07, 6.45) is -3.26. The van der Waals surface area contributed by atoms with E-state index in [1.807, 2.05) is 0 Å². The number of sulfone groups is 1. The highest BCUT2D eigenvalue weighted by molar-refractivity contribution is 7.92. The topological polar surface area (TPSA) is 97.2 Å². The van der Waals surface area contributed by atoms with Crippen LogP contribution in [-0.2, 0) is 23.1 Å². The molecule has 1 aliphatic rings. The Morgan fingerprint density at radius 3 is 2.34 bits per heavy atom. The number of rotatable bonds is 4. The molecule has 1 aliphatic heterocycles. The molecular formula is C19H23F4N5O3S. The van der Waals surface area contributed by atoms with Gasteiger partial charge in [-0.2, -0.15) is 18.3 Å². The van der Waals surface area contributed by atoms with Crippen LogP contribution in [0.5, 0.6) is 0 Å². The predicted molar refractivity (Wildman–Crippen MR) is 107 cm³/mol. The van der Waals surface area contributed by atoms with Crippen LogP contribution in [0.25, 0.3) is 0 Å². The fourth-order valence-electron chi connectivity index (χ4n) is 3.69. The fraction of sp³-hybridized carbons (Fsp3) is 0.526. The Labute approximate surface area is 182 Å². The van der Waals surface area contributed by atoms with Crippen molar-refractivity contribution in [3.8, 4) is 0 Å². The number of piperidine rings is 1. The number of halogens is 4. The third-order valence-corrected chi connectivity index (χ3v) is 7.90. The molecular weight excluding hydrogens is 454 g/mol. The number of aryl methyl sites for hydroxylation is 2. The molecule has 0 aromatic carbocycles. The number of hydrogen-bond donors (Lipinski definition) is 1. The Bertz CT molecular complexity index is 1110. The summed E-state index contributed by atoms with van der Waals surface area (Å²) in [7, 11) is -3.77. The second-order valence-electron chi connectivity index (χ2n) is 7.86. The maximum Gasteiger partial charge on any atom is 0.435 e. The number of amides is 2. The highest BCUT2D eigenvalue weighted by Crippen LogP contribution is 2.40. The molecule has 0 saturated carbocycles. The number of likely N-dealkylation sites (tertiary alicyclic amines) is 1. The molecule has 0 bridgehead atoms. The van der Waals surface area contributed by atoms with E-state index in [9.17, 15) is 26.4 Å². The van der Waals surface area contributed by atoms with E-state index < -0.39 is 43.7 Å². The van der Waals surface area contributed by atoms with Gasteiger partial charge >= 0.3 is 12.2 Å². The van der Waals surface area contributed by atoms with Crippen molar-refractivity contribution in [2.75, 3.05) is 18.4 Å². The van der Waals surface area contributed by atoms with Gasteiger partial charge in [-0.1, -0.05) is 0 Å². The zero-order valence-electron chi connectivity index (χ0n) is 17.6. The summed E-state index contributed by atoms with van der Waals surface area (Å²) >= 11 is 0. The number of nitrogens with one attached hydrogen (secondary N) is 1. The Balaban J connectivity index is 1.71. The predicted octanol–water partition coefficient (Wildman–Crippen LogP) is 3.55. The van der Waals surface area contributed by atoms with Gasteiger partial charge in [-0.15, -0.1) is 0 Å². The normalized spacial score (nSPS) is 17.8. The van der Waals surface area contributed by atoms with Gasteiger partial charge < -0.3 is 10.2 Å². The second-order valence-corrected chi connectivity index (χ2v) is 10.1. The summed E-state index contributed by atoms with van der Waals surface area (Å²) in [5.41, 5.74) is -0.157. The van der Waals surface area contributed by atoms with Gasteiger partial charge in [0.15, 0.2) is 10.7 Å². The van der Waals surface area contributed by atoms with Crippen LogP contribution in [0.4, 0.5) is 28.0 Å². The Kier molecular flexibility index (Phi) is 6.24. The number of aromatic nitrogens is 3. The smallest absolute Gasteiger partial charge is 0.325 e. The molecule has 0 spiro atoms. The van der Waals surface area contributed by atoms with E-state index in [1.54, 1.807) is 25.3 Å². The van der Waals surface area contributed by atoms with Crippen molar-refractivity contribution in [1.82, 2.24) is 19.7 Å².